The van der Waals surface area contributed by atoms with E-state index >= 15 is 0 Å². The lowest BCUT2D eigenvalue weighted by atomic mass is 10.2. The Morgan fingerprint density at radius 1 is 1.14 bits per heavy atom. The van der Waals surface area contributed by atoms with Crippen LogP contribution in [0.4, 0.5) is 0 Å². The predicted octanol–water partition coefficient (Wildman–Crippen LogP) is 1.32. The summed E-state index contributed by atoms with van der Waals surface area (Å²) in [6.07, 6.45) is 2.02. The van der Waals surface area contributed by atoms with Crippen LogP contribution >= 0.6 is 0 Å². The Labute approximate surface area is 84.1 Å². The number of rotatable bonds is 2. The molecule has 1 aliphatic heterocycles. The summed E-state index contributed by atoms with van der Waals surface area (Å²) in [5.41, 5.74) is 1.21. The number of hydrogen-bond acceptors (Lipinski definition) is 2. The molecule has 1 aliphatic carbocycles. The molecule has 72 valence electrons. The van der Waals surface area contributed by atoms with Crippen molar-refractivity contribution in [1.29, 1.82) is 0 Å². The smallest absolute Gasteiger partial charge is 0.0588 e. The van der Waals surface area contributed by atoms with Crippen molar-refractivity contribution in [2.75, 3.05) is 13.1 Å². The molecule has 1 saturated heterocycles. The van der Waals surface area contributed by atoms with E-state index in [1.807, 2.05) is 12.3 Å². The van der Waals surface area contributed by atoms with Crippen molar-refractivity contribution in [1.82, 2.24) is 5.32 Å². The molecular formula is C12H14N2. The second-order valence-corrected chi connectivity index (χ2v) is 4.17. The Hall–Kier alpha value is -1.15. The zero-order chi connectivity index (χ0) is 9.38. The van der Waals surface area contributed by atoms with Gasteiger partial charge in [-0.2, -0.15) is 0 Å². The van der Waals surface area contributed by atoms with Gasteiger partial charge in [-0.15, -0.1) is 0 Å². The van der Waals surface area contributed by atoms with Crippen LogP contribution in [-0.2, 0) is 0 Å². The van der Waals surface area contributed by atoms with E-state index in [0.29, 0.717) is 6.04 Å². The third-order valence-electron chi connectivity index (χ3n) is 3.24. The van der Waals surface area contributed by atoms with Gasteiger partial charge in [-0.1, -0.05) is 30.3 Å². The van der Waals surface area contributed by atoms with E-state index in [1.165, 1.54) is 18.7 Å². The fraction of sp³-hybridized carbons (Fsp3) is 0.417. The van der Waals surface area contributed by atoms with Crippen molar-refractivity contribution < 1.29 is 0 Å². The molecule has 3 atom stereocenters. The zero-order valence-electron chi connectivity index (χ0n) is 8.06. The summed E-state index contributed by atoms with van der Waals surface area (Å²) >= 11 is 0. The van der Waals surface area contributed by atoms with Crippen LogP contribution in [0.15, 0.2) is 35.3 Å². The van der Waals surface area contributed by atoms with Gasteiger partial charge in [-0.05, 0) is 5.56 Å². The molecule has 1 unspecified atom stereocenters. The normalized spacial score (nSPS) is 34.7. The number of benzene rings is 1. The maximum Gasteiger partial charge on any atom is 0.0588 e. The standard InChI is InChI=1S/C12H14N2/c1-2-4-9(5-3-1)6-14-12-10-7-13-8-11(10)12/h1-6,10-13H,7-8H2/t10-,11+,12?. The van der Waals surface area contributed by atoms with Crippen LogP contribution in [-0.4, -0.2) is 25.3 Å². The fourth-order valence-corrected chi connectivity index (χ4v) is 2.32. The van der Waals surface area contributed by atoms with Crippen LogP contribution in [0, 0.1) is 11.8 Å². The molecule has 0 radical (unpaired) electrons. The molecule has 2 heteroatoms. The minimum Gasteiger partial charge on any atom is -0.316 e. The van der Waals surface area contributed by atoms with Gasteiger partial charge in [0.15, 0.2) is 0 Å². The van der Waals surface area contributed by atoms with Crippen LogP contribution in [0.1, 0.15) is 5.56 Å². The lowest BCUT2D eigenvalue weighted by molar-refractivity contribution is 0.680. The number of fused-ring (bicyclic) bond motifs is 1. The largest absolute Gasteiger partial charge is 0.316 e. The highest BCUT2D eigenvalue weighted by Crippen LogP contribution is 2.44. The van der Waals surface area contributed by atoms with E-state index in [9.17, 15) is 0 Å². The second-order valence-electron chi connectivity index (χ2n) is 4.17. The molecule has 0 bridgehead atoms. The van der Waals surface area contributed by atoms with Gasteiger partial charge in [0.25, 0.3) is 0 Å². The van der Waals surface area contributed by atoms with E-state index in [0.717, 1.165) is 11.8 Å². The van der Waals surface area contributed by atoms with Gasteiger partial charge in [0.1, 0.15) is 0 Å². The van der Waals surface area contributed by atoms with Gasteiger partial charge in [-0.25, -0.2) is 0 Å². The van der Waals surface area contributed by atoms with Crippen LogP contribution in [0.25, 0.3) is 0 Å². The molecular weight excluding hydrogens is 172 g/mol. The van der Waals surface area contributed by atoms with E-state index in [4.69, 9.17) is 0 Å². The third kappa shape index (κ3) is 1.36. The molecule has 0 amide bonds. The van der Waals surface area contributed by atoms with Crippen LogP contribution in [0.3, 0.4) is 0 Å². The maximum absolute atomic E-state index is 4.63. The SMILES string of the molecule is C(=NC1[C@H]2CNC[C@@H]12)c1ccccc1. The quantitative estimate of drug-likeness (QED) is 0.692. The third-order valence-corrected chi connectivity index (χ3v) is 3.24. The summed E-state index contributed by atoms with van der Waals surface area (Å²) in [6, 6.07) is 10.9. The minimum atomic E-state index is 0.608. The Bertz CT molecular complexity index is 335. The number of nitrogens with one attached hydrogen (secondary N) is 1. The molecule has 1 aromatic carbocycles. The average Bonchev–Trinajstić information content (AvgIpc) is 2.69. The van der Waals surface area contributed by atoms with Gasteiger partial charge in [0.05, 0.1) is 6.04 Å². The van der Waals surface area contributed by atoms with Crippen molar-refractivity contribution in [2.45, 2.75) is 6.04 Å². The zero-order valence-corrected chi connectivity index (χ0v) is 8.06. The lowest BCUT2D eigenvalue weighted by Crippen LogP contribution is -2.15. The van der Waals surface area contributed by atoms with E-state index in [2.05, 4.69) is 34.6 Å². The fourth-order valence-electron chi connectivity index (χ4n) is 2.32. The Balaban J connectivity index is 1.66. The van der Waals surface area contributed by atoms with Crippen molar-refractivity contribution in [2.24, 2.45) is 16.8 Å². The summed E-state index contributed by atoms with van der Waals surface area (Å²) in [6.45, 7) is 2.34. The van der Waals surface area contributed by atoms with E-state index < -0.39 is 0 Å². The lowest BCUT2D eigenvalue weighted by Gasteiger charge is -1.97. The molecule has 14 heavy (non-hydrogen) atoms. The topological polar surface area (TPSA) is 24.4 Å². The minimum absolute atomic E-state index is 0.608. The summed E-state index contributed by atoms with van der Waals surface area (Å²) in [7, 11) is 0. The molecule has 1 saturated carbocycles. The molecule has 3 rings (SSSR count). The Morgan fingerprint density at radius 2 is 1.86 bits per heavy atom. The van der Waals surface area contributed by atoms with Crippen LogP contribution < -0.4 is 5.32 Å². The molecule has 1 heterocycles. The summed E-state index contributed by atoms with van der Waals surface area (Å²) in [5, 5.41) is 3.38. The molecule has 2 nitrogen and oxygen atoms in total. The van der Waals surface area contributed by atoms with Crippen molar-refractivity contribution in [3.8, 4) is 0 Å². The summed E-state index contributed by atoms with van der Waals surface area (Å²) in [5.74, 6) is 1.66. The first-order valence-corrected chi connectivity index (χ1v) is 5.24. The molecule has 2 aliphatic rings. The molecule has 2 fully saturated rings. The molecule has 0 spiro atoms. The van der Waals surface area contributed by atoms with Gasteiger partial charge in [0, 0.05) is 31.1 Å². The van der Waals surface area contributed by atoms with Gasteiger partial charge >= 0.3 is 0 Å². The maximum atomic E-state index is 4.63. The number of aliphatic imine (C=N–C) groups is 1. The van der Waals surface area contributed by atoms with Crippen LogP contribution in [0.2, 0.25) is 0 Å². The first-order chi connectivity index (χ1) is 6.95. The molecule has 1 aromatic rings. The van der Waals surface area contributed by atoms with Crippen LogP contribution in [0.5, 0.6) is 0 Å². The van der Waals surface area contributed by atoms with Crippen molar-refractivity contribution in [3.63, 3.8) is 0 Å². The number of hydrogen-bond donors (Lipinski definition) is 1. The monoisotopic (exact) mass is 186 g/mol. The Morgan fingerprint density at radius 3 is 2.57 bits per heavy atom. The van der Waals surface area contributed by atoms with E-state index in [-0.39, 0.29) is 0 Å². The Kier molecular flexibility index (Phi) is 1.88. The van der Waals surface area contributed by atoms with Gasteiger partial charge in [0.2, 0.25) is 0 Å². The van der Waals surface area contributed by atoms with Crippen molar-refractivity contribution in [3.05, 3.63) is 35.9 Å². The predicted molar refractivity (Wildman–Crippen MR) is 57.7 cm³/mol. The van der Waals surface area contributed by atoms with E-state index in [1.54, 1.807) is 0 Å². The van der Waals surface area contributed by atoms with Crippen molar-refractivity contribution >= 4 is 6.21 Å². The first kappa shape index (κ1) is 8.18. The highest BCUT2D eigenvalue weighted by atomic mass is 15.0. The molecule has 0 aromatic heterocycles. The number of nitrogens with zero attached hydrogens (tertiary/aromatic N) is 1. The first-order valence-electron chi connectivity index (χ1n) is 5.24. The second kappa shape index (κ2) is 3.21. The number of piperidine rings is 1. The highest BCUT2D eigenvalue weighted by Gasteiger charge is 2.52. The molecule has 1 N–H and O–H groups in total. The van der Waals surface area contributed by atoms with Gasteiger partial charge < -0.3 is 5.32 Å². The highest BCUT2D eigenvalue weighted by molar-refractivity contribution is 5.79. The summed E-state index contributed by atoms with van der Waals surface area (Å²) in [4.78, 5) is 4.63. The van der Waals surface area contributed by atoms with Gasteiger partial charge in [-0.3, -0.25) is 4.99 Å². The summed E-state index contributed by atoms with van der Waals surface area (Å²) < 4.78 is 0. The average molecular weight is 186 g/mol.